The molecule has 0 fully saturated rings. The minimum Gasteiger partial charge on any atom is -0.462 e. The molecule has 0 bridgehead atoms. The van der Waals surface area contributed by atoms with Crippen LogP contribution in [-0.2, 0) is 28.2 Å². The number of phosphoric acid groups is 1. The summed E-state index contributed by atoms with van der Waals surface area (Å²) < 4.78 is 26.2. The minimum absolute atomic E-state index is 0.220. The number of carbonyl (C=O) groups excluding carboxylic acids is 2. The molecule has 0 spiro atoms. The van der Waals surface area contributed by atoms with Crippen molar-refractivity contribution in [2.24, 2.45) is 0 Å². The Hall–Kier alpha value is -0.950. The second kappa shape index (κ2) is 35.9. The lowest BCUT2D eigenvalue weighted by atomic mass is 10.0. The average molecular weight is 705 g/mol. The van der Waals surface area contributed by atoms with Crippen molar-refractivity contribution in [2.45, 2.75) is 225 Å². The van der Waals surface area contributed by atoms with Gasteiger partial charge >= 0.3 is 19.8 Å². The first-order valence-electron chi connectivity index (χ1n) is 20.3. The van der Waals surface area contributed by atoms with Crippen molar-refractivity contribution in [1.82, 2.24) is 0 Å². The molecule has 1 atom stereocenters. The maximum atomic E-state index is 12.3. The molecule has 1 unspecified atom stereocenters. The maximum Gasteiger partial charge on any atom is 0.469 e. The van der Waals surface area contributed by atoms with Crippen LogP contribution in [0.1, 0.15) is 219 Å². The molecule has 0 radical (unpaired) electrons. The Balaban J connectivity index is 3.72. The van der Waals surface area contributed by atoms with Gasteiger partial charge in [0.15, 0.2) is 6.10 Å². The van der Waals surface area contributed by atoms with Crippen LogP contribution in [0.5, 0.6) is 0 Å². The van der Waals surface area contributed by atoms with E-state index in [1.807, 2.05) is 0 Å². The van der Waals surface area contributed by atoms with Crippen molar-refractivity contribution in [3.63, 3.8) is 0 Å². The monoisotopic (exact) mass is 705 g/mol. The van der Waals surface area contributed by atoms with Gasteiger partial charge in [0.2, 0.25) is 0 Å². The Bertz CT molecular complexity index is 756. The van der Waals surface area contributed by atoms with Gasteiger partial charge in [-0.05, 0) is 12.8 Å². The van der Waals surface area contributed by atoms with Gasteiger partial charge in [-0.1, -0.05) is 194 Å². The summed E-state index contributed by atoms with van der Waals surface area (Å²) in [4.78, 5) is 42.5. The summed E-state index contributed by atoms with van der Waals surface area (Å²) in [6.45, 7) is 3.65. The van der Waals surface area contributed by atoms with Gasteiger partial charge in [0, 0.05) is 12.8 Å². The van der Waals surface area contributed by atoms with Gasteiger partial charge in [0.1, 0.15) is 6.61 Å². The molecule has 0 saturated heterocycles. The Morgan fingerprint density at radius 2 is 0.750 bits per heavy atom. The number of rotatable bonds is 38. The highest BCUT2D eigenvalue weighted by atomic mass is 31.2. The van der Waals surface area contributed by atoms with E-state index in [4.69, 9.17) is 19.3 Å². The zero-order valence-corrected chi connectivity index (χ0v) is 32.3. The fourth-order valence-corrected chi connectivity index (χ4v) is 6.44. The van der Waals surface area contributed by atoms with Gasteiger partial charge in [-0.3, -0.25) is 14.1 Å². The molecule has 9 heteroatoms. The van der Waals surface area contributed by atoms with E-state index in [2.05, 4.69) is 18.4 Å². The third kappa shape index (κ3) is 37.9. The topological polar surface area (TPSA) is 119 Å². The van der Waals surface area contributed by atoms with E-state index in [0.29, 0.717) is 6.42 Å². The summed E-state index contributed by atoms with van der Waals surface area (Å²) in [6, 6.07) is 0. The van der Waals surface area contributed by atoms with Crippen molar-refractivity contribution in [3.8, 4) is 0 Å². The summed E-state index contributed by atoms with van der Waals surface area (Å²) in [6.07, 6.45) is 37.2. The normalized spacial score (nSPS) is 12.3. The van der Waals surface area contributed by atoms with Crippen molar-refractivity contribution in [1.29, 1.82) is 0 Å². The van der Waals surface area contributed by atoms with E-state index in [1.165, 1.54) is 154 Å². The molecular formula is C39H77O8P. The molecule has 0 aliphatic carbocycles. The first-order valence-corrected chi connectivity index (χ1v) is 21.9. The van der Waals surface area contributed by atoms with Gasteiger partial charge in [0.05, 0.1) is 6.61 Å². The lowest BCUT2D eigenvalue weighted by molar-refractivity contribution is -0.161. The highest BCUT2D eigenvalue weighted by Crippen LogP contribution is 2.36. The van der Waals surface area contributed by atoms with Crippen LogP contribution in [0.4, 0.5) is 0 Å². The highest BCUT2D eigenvalue weighted by molar-refractivity contribution is 7.46. The number of hydrogen-bond donors (Lipinski definition) is 2. The van der Waals surface area contributed by atoms with Gasteiger partial charge in [-0.25, -0.2) is 4.57 Å². The minimum atomic E-state index is -4.74. The summed E-state index contributed by atoms with van der Waals surface area (Å²) in [5.41, 5.74) is 0. The highest BCUT2D eigenvalue weighted by Gasteiger charge is 2.22. The van der Waals surface area contributed by atoms with Crippen LogP contribution in [0.3, 0.4) is 0 Å². The zero-order valence-electron chi connectivity index (χ0n) is 31.4. The molecule has 2 N–H and O–H groups in total. The fraction of sp³-hybridized carbons (Fsp3) is 0.949. The molecule has 0 rings (SSSR count). The summed E-state index contributed by atoms with van der Waals surface area (Å²) in [5.74, 6) is -0.878. The van der Waals surface area contributed by atoms with Crippen LogP contribution < -0.4 is 0 Å². The second-order valence-corrected chi connectivity index (χ2v) is 15.2. The van der Waals surface area contributed by atoms with Gasteiger partial charge in [-0.2, -0.15) is 0 Å². The predicted octanol–water partition coefficient (Wildman–Crippen LogP) is 12.1. The van der Waals surface area contributed by atoms with Crippen LogP contribution in [-0.4, -0.2) is 41.0 Å². The Kier molecular flexibility index (Phi) is 35.2. The number of hydrogen-bond acceptors (Lipinski definition) is 6. The molecule has 48 heavy (non-hydrogen) atoms. The smallest absolute Gasteiger partial charge is 0.462 e. The summed E-state index contributed by atoms with van der Waals surface area (Å²) in [7, 11) is -4.74. The SMILES string of the molecule is CCCCCCCCCCCCCCCCCCCCCCCCCC(=O)OC(COC(=O)CCCCCCCCC)COP(=O)(O)O. The second-order valence-electron chi connectivity index (χ2n) is 14.0. The number of unbranched alkanes of at least 4 members (excludes halogenated alkanes) is 28. The van der Waals surface area contributed by atoms with Gasteiger partial charge < -0.3 is 19.3 Å². The first-order chi connectivity index (χ1) is 23.3. The molecule has 0 aromatic carbocycles. The van der Waals surface area contributed by atoms with Crippen molar-refractivity contribution in [3.05, 3.63) is 0 Å². The molecule has 8 nitrogen and oxygen atoms in total. The lowest BCUT2D eigenvalue weighted by Crippen LogP contribution is -2.29. The predicted molar refractivity (Wildman–Crippen MR) is 198 cm³/mol. The van der Waals surface area contributed by atoms with Crippen molar-refractivity contribution < 1.29 is 37.9 Å². The molecule has 0 aliphatic heterocycles. The third-order valence-corrected chi connectivity index (χ3v) is 9.61. The van der Waals surface area contributed by atoms with Gasteiger partial charge in [0.25, 0.3) is 0 Å². The van der Waals surface area contributed by atoms with E-state index >= 15 is 0 Å². The molecule has 0 aliphatic rings. The Labute approximate surface area is 295 Å². The quantitative estimate of drug-likeness (QED) is 0.0370. The van der Waals surface area contributed by atoms with Crippen molar-refractivity contribution in [2.75, 3.05) is 13.2 Å². The zero-order chi connectivity index (χ0) is 35.4. The number of carbonyl (C=O) groups is 2. The van der Waals surface area contributed by atoms with Crippen LogP contribution in [0.2, 0.25) is 0 Å². The molecular weight excluding hydrogens is 627 g/mol. The van der Waals surface area contributed by atoms with E-state index in [1.54, 1.807) is 0 Å². The van der Waals surface area contributed by atoms with Crippen LogP contribution in [0.25, 0.3) is 0 Å². The van der Waals surface area contributed by atoms with E-state index in [0.717, 1.165) is 32.1 Å². The number of ether oxygens (including phenoxy) is 2. The standard InChI is InChI=1S/C39H77O8P/c1-3-5-7-9-11-12-13-14-15-16-17-18-19-20-21-22-23-24-25-26-28-30-32-34-39(41)47-37(36-46-48(42,43)44)35-45-38(40)33-31-29-27-10-8-6-4-2/h37H,3-36H2,1-2H3,(H2,42,43,44). The van der Waals surface area contributed by atoms with E-state index in [9.17, 15) is 14.2 Å². The Morgan fingerprint density at radius 1 is 0.458 bits per heavy atom. The van der Waals surface area contributed by atoms with E-state index < -0.39 is 32.5 Å². The number of phosphoric ester groups is 1. The van der Waals surface area contributed by atoms with Crippen LogP contribution in [0.15, 0.2) is 0 Å². The van der Waals surface area contributed by atoms with Crippen LogP contribution >= 0.6 is 7.82 Å². The van der Waals surface area contributed by atoms with Crippen LogP contribution in [0, 0.1) is 0 Å². The van der Waals surface area contributed by atoms with Crippen molar-refractivity contribution >= 4 is 19.8 Å². The summed E-state index contributed by atoms with van der Waals surface area (Å²) >= 11 is 0. The maximum absolute atomic E-state index is 12.3. The first kappa shape index (κ1) is 47.0. The molecule has 0 aromatic heterocycles. The number of esters is 2. The van der Waals surface area contributed by atoms with E-state index in [-0.39, 0.29) is 19.4 Å². The Morgan fingerprint density at radius 3 is 1.06 bits per heavy atom. The molecule has 0 aromatic rings. The lowest BCUT2D eigenvalue weighted by Gasteiger charge is -2.18. The van der Waals surface area contributed by atoms with Gasteiger partial charge in [-0.15, -0.1) is 0 Å². The third-order valence-electron chi connectivity index (χ3n) is 9.13. The molecule has 0 amide bonds. The summed E-state index contributed by atoms with van der Waals surface area (Å²) in [5, 5.41) is 0. The largest absolute Gasteiger partial charge is 0.469 e. The molecule has 286 valence electrons. The molecule has 0 saturated carbocycles. The molecule has 0 heterocycles. The fourth-order valence-electron chi connectivity index (χ4n) is 6.08. The average Bonchev–Trinajstić information content (AvgIpc) is 3.05.